The topological polar surface area (TPSA) is 124 Å². The Morgan fingerprint density at radius 2 is 1.25 bits per heavy atom. The molecule has 1 heterocycles. The molecule has 4 atom stereocenters. The highest BCUT2D eigenvalue weighted by Crippen LogP contribution is 1.99. The molecule has 0 spiro atoms. The first-order valence-corrected chi connectivity index (χ1v) is 3.51. The monoisotopic (exact) mass is 166 g/mol. The van der Waals surface area contributed by atoms with E-state index in [1.54, 1.807) is 0 Å². The van der Waals surface area contributed by atoms with Crippen LogP contribution in [0.25, 0.3) is 0 Å². The summed E-state index contributed by atoms with van der Waals surface area (Å²) < 4.78 is 0. The van der Waals surface area contributed by atoms with Crippen molar-refractivity contribution in [2.45, 2.75) is 24.4 Å². The van der Waals surface area contributed by atoms with Crippen molar-refractivity contribution in [3.8, 4) is 12.1 Å². The standard InChI is InChI=1S/C6H10N6/c7-1-3-5(9)12-4(2-8)6(10)11-3/h3-6,11-12H,9-10H2. The molecule has 1 rings (SSSR count). The smallest absolute Gasteiger partial charge is 0.125 e. The van der Waals surface area contributed by atoms with Gasteiger partial charge in [-0.3, -0.25) is 10.6 Å². The summed E-state index contributed by atoms with van der Waals surface area (Å²) in [6, 6.07) is 2.81. The zero-order chi connectivity index (χ0) is 9.14. The fourth-order valence-corrected chi connectivity index (χ4v) is 1.05. The molecule has 0 bridgehead atoms. The van der Waals surface area contributed by atoms with Gasteiger partial charge in [0.25, 0.3) is 0 Å². The van der Waals surface area contributed by atoms with Crippen LogP contribution >= 0.6 is 0 Å². The third kappa shape index (κ3) is 1.52. The molecular weight excluding hydrogens is 156 g/mol. The molecular formula is C6H10N6. The number of rotatable bonds is 0. The van der Waals surface area contributed by atoms with Crippen LogP contribution in [-0.4, -0.2) is 24.4 Å². The van der Waals surface area contributed by atoms with Crippen LogP contribution in [0.2, 0.25) is 0 Å². The van der Waals surface area contributed by atoms with Gasteiger partial charge in [-0.25, -0.2) is 0 Å². The Bertz CT molecular complexity index is 211. The van der Waals surface area contributed by atoms with Crippen LogP contribution in [0.1, 0.15) is 0 Å². The van der Waals surface area contributed by atoms with E-state index in [4.69, 9.17) is 22.0 Å². The Kier molecular flexibility index (Phi) is 2.58. The lowest BCUT2D eigenvalue weighted by atomic mass is 10.1. The van der Waals surface area contributed by atoms with Gasteiger partial charge in [-0.2, -0.15) is 10.5 Å². The summed E-state index contributed by atoms with van der Waals surface area (Å²) >= 11 is 0. The van der Waals surface area contributed by atoms with Crippen molar-refractivity contribution in [2.24, 2.45) is 11.5 Å². The highest BCUT2D eigenvalue weighted by molar-refractivity contribution is 5.09. The van der Waals surface area contributed by atoms with E-state index < -0.39 is 24.4 Å². The predicted molar refractivity (Wildman–Crippen MR) is 41.0 cm³/mol. The molecule has 6 N–H and O–H groups in total. The minimum Gasteiger partial charge on any atom is -0.314 e. The van der Waals surface area contributed by atoms with E-state index in [-0.39, 0.29) is 0 Å². The lowest BCUT2D eigenvalue weighted by Gasteiger charge is -2.34. The van der Waals surface area contributed by atoms with Gasteiger partial charge in [-0.05, 0) is 0 Å². The number of hydrogen-bond donors (Lipinski definition) is 4. The summed E-state index contributed by atoms with van der Waals surface area (Å²) in [5.74, 6) is 0. The van der Waals surface area contributed by atoms with Crippen LogP contribution in [0, 0.1) is 22.7 Å². The first-order chi connectivity index (χ1) is 5.69. The molecule has 64 valence electrons. The minimum atomic E-state index is -0.542. The second-order valence-electron chi connectivity index (χ2n) is 2.60. The normalized spacial score (nSPS) is 41.3. The van der Waals surface area contributed by atoms with Crippen LogP contribution in [-0.2, 0) is 0 Å². The van der Waals surface area contributed by atoms with Crippen LogP contribution in [0.5, 0.6) is 0 Å². The Hall–Kier alpha value is -1.18. The summed E-state index contributed by atoms with van der Waals surface area (Å²) in [7, 11) is 0. The maximum atomic E-state index is 8.57. The predicted octanol–water partition coefficient (Wildman–Crippen LogP) is -2.47. The van der Waals surface area contributed by atoms with E-state index in [1.807, 2.05) is 12.1 Å². The fraction of sp³-hybridized carbons (Fsp3) is 0.667. The minimum absolute atomic E-state index is 0.537. The van der Waals surface area contributed by atoms with Crippen molar-refractivity contribution in [1.82, 2.24) is 10.6 Å². The van der Waals surface area contributed by atoms with Gasteiger partial charge < -0.3 is 11.5 Å². The van der Waals surface area contributed by atoms with E-state index in [9.17, 15) is 0 Å². The van der Waals surface area contributed by atoms with Crippen LogP contribution in [0.3, 0.4) is 0 Å². The number of hydrogen-bond acceptors (Lipinski definition) is 6. The molecule has 0 aromatic carbocycles. The maximum absolute atomic E-state index is 8.57. The number of nitrogens with two attached hydrogens (primary N) is 2. The third-order valence-corrected chi connectivity index (χ3v) is 1.74. The molecule has 1 saturated heterocycles. The molecule has 0 radical (unpaired) electrons. The average molecular weight is 166 g/mol. The Labute approximate surface area is 70.1 Å². The van der Waals surface area contributed by atoms with Crippen molar-refractivity contribution >= 4 is 0 Å². The van der Waals surface area contributed by atoms with Crippen molar-refractivity contribution in [1.29, 1.82) is 10.5 Å². The largest absolute Gasteiger partial charge is 0.314 e. The number of nitrogens with zero attached hydrogens (tertiary/aromatic N) is 2. The quantitative estimate of drug-likeness (QED) is 0.316. The number of piperazine rings is 1. The molecule has 0 aliphatic carbocycles. The highest BCUT2D eigenvalue weighted by Gasteiger charge is 2.31. The Morgan fingerprint density at radius 3 is 1.50 bits per heavy atom. The van der Waals surface area contributed by atoms with E-state index in [1.165, 1.54) is 0 Å². The Balaban J connectivity index is 2.64. The molecule has 0 amide bonds. The van der Waals surface area contributed by atoms with Crippen molar-refractivity contribution in [3.05, 3.63) is 0 Å². The van der Waals surface area contributed by atoms with Gasteiger partial charge in [-0.15, -0.1) is 0 Å². The molecule has 12 heavy (non-hydrogen) atoms. The average Bonchev–Trinajstić information content (AvgIpc) is 2.08. The van der Waals surface area contributed by atoms with Gasteiger partial charge in [0.05, 0.1) is 24.5 Å². The zero-order valence-electron chi connectivity index (χ0n) is 6.36. The lowest BCUT2D eigenvalue weighted by Crippen LogP contribution is -2.70. The second kappa shape index (κ2) is 3.48. The molecule has 6 heteroatoms. The molecule has 1 aliphatic rings. The van der Waals surface area contributed by atoms with Crippen molar-refractivity contribution in [3.63, 3.8) is 0 Å². The van der Waals surface area contributed by atoms with E-state index in [2.05, 4.69) is 10.6 Å². The summed E-state index contributed by atoms with van der Waals surface area (Å²) in [6.45, 7) is 0. The summed E-state index contributed by atoms with van der Waals surface area (Å²) in [5.41, 5.74) is 11.0. The summed E-state index contributed by atoms with van der Waals surface area (Å²) in [5, 5.41) is 22.6. The van der Waals surface area contributed by atoms with Crippen LogP contribution in [0.15, 0.2) is 0 Å². The van der Waals surface area contributed by atoms with E-state index >= 15 is 0 Å². The molecule has 0 aromatic rings. The van der Waals surface area contributed by atoms with E-state index in [0.29, 0.717) is 0 Å². The zero-order valence-corrected chi connectivity index (χ0v) is 6.36. The maximum Gasteiger partial charge on any atom is 0.125 e. The second-order valence-corrected chi connectivity index (χ2v) is 2.60. The van der Waals surface area contributed by atoms with E-state index in [0.717, 1.165) is 0 Å². The van der Waals surface area contributed by atoms with Crippen LogP contribution in [0.4, 0.5) is 0 Å². The molecule has 6 nitrogen and oxygen atoms in total. The van der Waals surface area contributed by atoms with Gasteiger partial charge in [0, 0.05) is 0 Å². The third-order valence-electron chi connectivity index (χ3n) is 1.74. The molecule has 4 unspecified atom stereocenters. The first-order valence-electron chi connectivity index (χ1n) is 3.51. The van der Waals surface area contributed by atoms with Gasteiger partial charge in [0.15, 0.2) is 0 Å². The SMILES string of the molecule is N#CC1NC(N)C(C#N)NC1N. The van der Waals surface area contributed by atoms with Crippen molar-refractivity contribution < 1.29 is 0 Å². The molecule has 0 saturated carbocycles. The lowest BCUT2D eigenvalue weighted by molar-refractivity contribution is 0.276. The molecule has 1 aliphatic heterocycles. The number of nitrogens with one attached hydrogen (secondary N) is 2. The molecule has 1 fully saturated rings. The Morgan fingerprint density at radius 1 is 0.917 bits per heavy atom. The van der Waals surface area contributed by atoms with Gasteiger partial charge in [0.1, 0.15) is 12.1 Å². The van der Waals surface area contributed by atoms with Gasteiger partial charge in [-0.1, -0.05) is 0 Å². The molecule has 0 aromatic heterocycles. The highest BCUT2D eigenvalue weighted by atomic mass is 15.2. The first kappa shape index (κ1) is 8.91. The van der Waals surface area contributed by atoms with Gasteiger partial charge >= 0.3 is 0 Å². The number of nitriles is 2. The van der Waals surface area contributed by atoms with Crippen LogP contribution < -0.4 is 22.1 Å². The summed E-state index contributed by atoms with van der Waals surface area (Å²) in [4.78, 5) is 0. The summed E-state index contributed by atoms with van der Waals surface area (Å²) in [6.07, 6.45) is -1.08. The van der Waals surface area contributed by atoms with Gasteiger partial charge in [0.2, 0.25) is 0 Å². The van der Waals surface area contributed by atoms with Crippen molar-refractivity contribution in [2.75, 3.05) is 0 Å². The fourth-order valence-electron chi connectivity index (χ4n) is 1.05.